The number of benzene rings is 1. The van der Waals surface area contributed by atoms with Crippen LogP contribution in [0.15, 0.2) is 47.0 Å². The Kier molecular flexibility index (Phi) is 5.64. The first kappa shape index (κ1) is 18.8. The van der Waals surface area contributed by atoms with Crippen LogP contribution < -0.4 is 10.1 Å². The molecule has 0 aliphatic rings. The van der Waals surface area contributed by atoms with Gasteiger partial charge >= 0.3 is 0 Å². The highest BCUT2D eigenvalue weighted by Crippen LogP contribution is 2.19. The van der Waals surface area contributed by atoms with Gasteiger partial charge in [0.25, 0.3) is 5.91 Å². The van der Waals surface area contributed by atoms with Gasteiger partial charge in [-0.05, 0) is 69.2 Å². The predicted octanol–water partition coefficient (Wildman–Crippen LogP) is 4.18. The summed E-state index contributed by atoms with van der Waals surface area (Å²) in [6.45, 7) is 9.03. The van der Waals surface area contributed by atoms with E-state index in [9.17, 15) is 4.79 Å². The molecule has 6 nitrogen and oxygen atoms in total. The topological polar surface area (TPSA) is 69.3 Å². The quantitative estimate of drug-likeness (QED) is 0.680. The van der Waals surface area contributed by atoms with Gasteiger partial charge in [0.15, 0.2) is 5.76 Å². The van der Waals surface area contributed by atoms with Crippen LogP contribution in [0.5, 0.6) is 5.75 Å². The Morgan fingerprint density at radius 2 is 1.96 bits per heavy atom. The zero-order valence-corrected chi connectivity index (χ0v) is 16.2. The zero-order valence-electron chi connectivity index (χ0n) is 16.2. The van der Waals surface area contributed by atoms with Crippen molar-refractivity contribution in [2.45, 2.75) is 46.9 Å². The molecule has 0 aliphatic carbocycles. The molecule has 27 heavy (non-hydrogen) atoms. The maximum Gasteiger partial charge on any atom is 0.287 e. The summed E-state index contributed by atoms with van der Waals surface area (Å²) >= 11 is 0. The molecule has 1 atom stereocenters. The van der Waals surface area contributed by atoms with Crippen molar-refractivity contribution in [2.75, 3.05) is 0 Å². The largest absolute Gasteiger partial charge is 0.486 e. The Morgan fingerprint density at radius 1 is 1.22 bits per heavy atom. The first-order chi connectivity index (χ1) is 12.9. The number of aromatic nitrogens is 2. The molecule has 1 aromatic carbocycles. The molecule has 1 unspecified atom stereocenters. The third-order valence-corrected chi connectivity index (χ3v) is 4.24. The van der Waals surface area contributed by atoms with E-state index in [1.54, 1.807) is 12.1 Å². The van der Waals surface area contributed by atoms with Crippen molar-refractivity contribution in [2.24, 2.45) is 0 Å². The van der Waals surface area contributed by atoms with Gasteiger partial charge in [-0.25, -0.2) is 0 Å². The predicted molar refractivity (Wildman–Crippen MR) is 103 cm³/mol. The van der Waals surface area contributed by atoms with Gasteiger partial charge < -0.3 is 14.5 Å². The van der Waals surface area contributed by atoms with Crippen molar-refractivity contribution < 1.29 is 13.9 Å². The van der Waals surface area contributed by atoms with Crippen LogP contribution in [0.1, 0.15) is 53.0 Å². The monoisotopic (exact) mass is 367 g/mol. The van der Waals surface area contributed by atoms with E-state index in [1.807, 2.05) is 56.8 Å². The van der Waals surface area contributed by atoms with Crippen molar-refractivity contribution in [1.82, 2.24) is 15.1 Å². The third-order valence-electron chi connectivity index (χ3n) is 4.24. The Labute approximate surface area is 159 Å². The van der Waals surface area contributed by atoms with Crippen LogP contribution in [-0.2, 0) is 13.2 Å². The molecule has 0 aliphatic heterocycles. The van der Waals surface area contributed by atoms with Gasteiger partial charge in [-0.1, -0.05) is 6.07 Å². The summed E-state index contributed by atoms with van der Waals surface area (Å²) < 4.78 is 13.2. The minimum absolute atomic E-state index is 0.203. The van der Waals surface area contributed by atoms with Crippen LogP contribution in [0, 0.1) is 13.8 Å². The summed E-state index contributed by atoms with van der Waals surface area (Å²) in [6.07, 6.45) is 1.90. The van der Waals surface area contributed by atoms with E-state index in [0.717, 1.165) is 29.1 Å². The summed E-state index contributed by atoms with van der Waals surface area (Å²) in [5.41, 5.74) is 3.10. The van der Waals surface area contributed by atoms with Gasteiger partial charge in [0.05, 0.1) is 11.7 Å². The second kappa shape index (κ2) is 8.12. The molecule has 0 fully saturated rings. The highest BCUT2D eigenvalue weighted by atomic mass is 16.5. The molecule has 3 rings (SSSR count). The molecule has 0 saturated heterocycles. The normalized spacial score (nSPS) is 12.0. The van der Waals surface area contributed by atoms with Gasteiger partial charge in [-0.2, -0.15) is 5.10 Å². The van der Waals surface area contributed by atoms with Gasteiger partial charge in [0.2, 0.25) is 0 Å². The fourth-order valence-corrected chi connectivity index (χ4v) is 2.87. The molecule has 2 aromatic heterocycles. The summed E-state index contributed by atoms with van der Waals surface area (Å²) in [5, 5.41) is 7.31. The highest BCUT2D eigenvalue weighted by molar-refractivity contribution is 5.91. The minimum atomic E-state index is -0.272. The molecule has 3 aromatic rings. The van der Waals surface area contributed by atoms with Crippen molar-refractivity contribution >= 4 is 5.91 Å². The molecule has 0 spiro atoms. The number of hydrogen-bond donors (Lipinski definition) is 1. The number of ether oxygens (including phenoxy) is 1. The number of aryl methyl sites for hydroxylation is 3. The number of amides is 1. The third kappa shape index (κ3) is 4.78. The Balaban J connectivity index is 1.58. The van der Waals surface area contributed by atoms with E-state index >= 15 is 0 Å². The lowest BCUT2D eigenvalue weighted by Gasteiger charge is -2.10. The second-order valence-electron chi connectivity index (χ2n) is 6.67. The first-order valence-electron chi connectivity index (χ1n) is 9.08. The summed E-state index contributed by atoms with van der Waals surface area (Å²) in [6, 6.07) is 11.2. The number of nitrogens with one attached hydrogen (secondary N) is 1. The lowest BCUT2D eigenvalue weighted by Crippen LogP contribution is -2.26. The highest BCUT2D eigenvalue weighted by Gasteiger charge is 2.17. The maximum absolute atomic E-state index is 12.4. The lowest BCUT2D eigenvalue weighted by molar-refractivity contribution is 0.0907. The summed E-state index contributed by atoms with van der Waals surface area (Å²) in [4.78, 5) is 12.4. The molecular formula is C21H25N3O3. The number of carbonyl (C=O) groups excluding carboxylic acids is 1. The lowest BCUT2D eigenvalue weighted by atomic mass is 10.1. The van der Waals surface area contributed by atoms with Gasteiger partial charge in [0.1, 0.15) is 18.1 Å². The molecule has 6 heteroatoms. The fourth-order valence-electron chi connectivity index (χ4n) is 2.87. The van der Waals surface area contributed by atoms with E-state index in [2.05, 4.69) is 16.5 Å². The van der Waals surface area contributed by atoms with Crippen LogP contribution in [0.2, 0.25) is 0 Å². The van der Waals surface area contributed by atoms with Crippen LogP contribution in [-0.4, -0.2) is 15.7 Å². The molecule has 1 amide bonds. The second-order valence-corrected chi connectivity index (χ2v) is 6.67. The Morgan fingerprint density at radius 3 is 2.63 bits per heavy atom. The number of furan rings is 1. The Bertz CT molecular complexity index is 906. The van der Waals surface area contributed by atoms with Gasteiger partial charge in [-0.15, -0.1) is 0 Å². The minimum Gasteiger partial charge on any atom is -0.486 e. The number of nitrogens with zero attached hydrogens (tertiary/aromatic N) is 2. The molecular weight excluding hydrogens is 342 g/mol. The van der Waals surface area contributed by atoms with E-state index in [4.69, 9.17) is 9.15 Å². The molecule has 0 radical (unpaired) electrons. The van der Waals surface area contributed by atoms with Crippen molar-refractivity contribution in [3.8, 4) is 5.75 Å². The van der Waals surface area contributed by atoms with E-state index in [1.165, 1.54) is 0 Å². The van der Waals surface area contributed by atoms with E-state index in [0.29, 0.717) is 5.76 Å². The van der Waals surface area contributed by atoms with Crippen molar-refractivity contribution in [1.29, 1.82) is 0 Å². The van der Waals surface area contributed by atoms with Gasteiger partial charge in [0, 0.05) is 12.7 Å². The molecule has 142 valence electrons. The summed E-state index contributed by atoms with van der Waals surface area (Å²) in [7, 11) is 0. The SMILES string of the molecule is CCn1ccc(C(C)NC(=O)c2ccc(COc3cc(C)cc(C)c3)o2)n1. The Hall–Kier alpha value is -3.02. The molecule has 0 bridgehead atoms. The van der Waals surface area contributed by atoms with Crippen molar-refractivity contribution in [3.05, 3.63) is 70.9 Å². The average Bonchev–Trinajstić information content (AvgIpc) is 3.28. The first-order valence-corrected chi connectivity index (χ1v) is 9.08. The van der Waals surface area contributed by atoms with E-state index < -0.39 is 0 Å². The van der Waals surface area contributed by atoms with Crippen LogP contribution in [0.25, 0.3) is 0 Å². The number of hydrogen-bond acceptors (Lipinski definition) is 4. The van der Waals surface area contributed by atoms with Crippen LogP contribution >= 0.6 is 0 Å². The van der Waals surface area contributed by atoms with Crippen LogP contribution in [0.3, 0.4) is 0 Å². The number of carbonyl (C=O) groups is 1. The molecule has 0 saturated carbocycles. The van der Waals surface area contributed by atoms with Crippen LogP contribution in [0.4, 0.5) is 0 Å². The average molecular weight is 367 g/mol. The molecule has 1 N–H and O–H groups in total. The maximum atomic E-state index is 12.4. The summed E-state index contributed by atoms with van der Waals surface area (Å²) in [5.74, 6) is 1.37. The fraction of sp³-hybridized carbons (Fsp3) is 0.333. The van der Waals surface area contributed by atoms with Crippen molar-refractivity contribution in [3.63, 3.8) is 0 Å². The molecule has 2 heterocycles. The zero-order chi connectivity index (χ0) is 19.4. The van der Waals surface area contributed by atoms with E-state index in [-0.39, 0.29) is 24.3 Å². The number of rotatable bonds is 7. The smallest absolute Gasteiger partial charge is 0.287 e. The standard InChI is InChI=1S/C21H25N3O3/c1-5-24-9-8-19(23-24)16(4)22-21(25)20-7-6-17(27-20)13-26-18-11-14(2)10-15(3)12-18/h6-12,16H,5,13H2,1-4H3,(H,22,25). The van der Waals surface area contributed by atoms with Gasteiger partial charge in [-0.3, -0.25) is 9.48 Å².